The summed E-state index contributed by atoms with van der Waals surface area (Å²) in [6, 6.07) is 17.9. The molecule has 2 aromatic carbocycles. The second kappa shape index (κ2) is 6.96. The molecule has 0 fully saturated rings. The lowest BCUT2D eigenvalue weighted by Gasteiger charge is -2.04. The largest absolute Gasteiger partial charge is 0.383 e. The molecule has 0 unspecified atom stereocenters. The standard InChI is InChI=1S/C17H17NOS/c1-18(2)13-12-17(19)14-8-10-16(11-9-14)20-15-6-4-3-5-7-15/h3-13H,1-2H3. The van der Waals surface area contributed by atoms with Crippen molar-refractivity contribution in [3.8, 4) is 0 Å². The molecule has 20 heavy (non-hydrogen) atoms. The maximum absolute atomic E-state index is 11.9. The smallest absolute Gasteiger partial charge is 0.187 e. The number of nitrogens with zero attached hydrogens (tertiary/aromatic N) is 1. The van der Waals surface area contributed by atoms with E-state index < -0.39 is 0 Å². The lowest BCUT2D eigenvalue weighted by Crippen LogP contribution is -2.03. The highest BCUT2D eigenvalue weighted by atomic mass is 32.2. The van der Waals surface area contributed by atoms with E-state index in [0.29, 0.717) is 5.56 Å². The van der Waals surface area contributed by atoms with Crippen molar-refractivity contribution >= 4 is 17.5 Å². The Morgan fingerprint density at radius 3 is 2.15 bits per heavy atom. The first-order valence-corrected chi connectivity index (χ1v) is 7.19. The van der Waals surface area contributed by atoms with Crippen molar-refractivity contribution < 1.29 is 4.79 Å². The summed E-state index contributed by atoms with van der Waals surface area (Å²) in [7, 11) is 3.78. The van der Waals surface area contributed by atoms with Gasteiger partial charge in [0.1, 0.15) is 0 Å². The number of carbonyl (C=O) groups is 1. The van der Waals surface area contributed by atoms with E-state index in [1.54, 1.807) is 24.0 Å². The number of rotatable bonds is 5. The third-order valence-electron chi connectivity index (χ3n) is 2.64. The van der Waals surface area contributed by atoms with Crippen LogP contribution in [0, 0.1) is 0 Å². The van der Waals surface area contributed by atoms with Crippen LogP contribution in [0.1, 0.15) is 10.4 Å². The van der Waals surface area contributed by atoms with Crippen molar-refractivity contribution in [1.29, 1.82) is 0 Å². The quantitative estimate of drug-likeness (QED) is 0.609. The molecule has 0 bridgehead atoms. The van der Waals surface area contributed by atoms with E-state index in [1.165, 1.54) is 4.90 Å². The zero-order valence-corrected chi connectivity index (χ0v) is 12.4. The number of hydrogen-bond donors (Lipinski definition) is 0. The summed E-state index contributed by atoms with van der Waals surface area (Å²) in [6.07, 6.45) is 3.34. The summed E-state index contributed by atoms with van der Waals surface area (Å²) in [5, 5.41) is 0. The zero-order valence-electron chi connectivity index (χ0n) is 11.6. The van der Waals surface area contributed by atoms with Crippen LogP contribution >= 0.6 is 11.8 Å². The van der Waals surface area contributed by atoms with Crippen LogP contribution in [0.5, 0.6) is 0 Å². The minimum atomic E-state index is 0.0231. The molecule has 0 aliphatic carbocycles. The molecule has 0 N–H and O–H groups in total. The first kappa shape index (κ1) is 14.4. The van der Waals surface area contributed by atoms with Gasteiger partial charge >= 0.3 is 0 Å². The van der Waals surface area contributed by atoms with E-state index in [0.717, 1.165) is 4.90 Å². The zero-order chi connectivity index (χ0) is 14.4. The van der Waals surface area contributed by atoms with Crippen molar-refractivity contribution in [1.82, 2.24) is 4.90 Å². The van der Waals surface area contributed by atoms with Crippen molar-refractivity contribution in [2.45, 2.75) is 9.79 Å². The number of hydrogen-bond acceptors (Lipinski definition) is 3. The Balaban J connectivity index is 2.05. The molecule has 102 valence electrons. The molecule has 0 aliphatic heterocycles. The topological polar surface area (TPSA) is 20.3 Å². The molecule has 2 nitrogen and oxygen atoms in total. The molecule has 0 saturated heterocycles. The summed E-state index contributed by atoms with van der Waals surface area (Å²) in [6.45, 7) is 0. The van der Waals surface area contributed by atoms with Crippen molar-refractivity contribution in [3.63, 3.8) is 0 Å². The van der Waals surface area contributed by atoms with Gasteiger partial charge in [-0.1, -0.05) is 30.0 Å². The highest BCUT2D eigenvalue weighted by molar-refractivity contribution is 7.99. The van der Waals surface area contributed by atoms with Crippen molar-refractivity contribution in [2.24, 2.45) is 0 Å². The van der Waals surface area contributed by atoms with Crippen LogP contribution < -0.4 is 0 Å². The van der Waals surface area contributed by atoms with Crippen molar-refractivity contribution in [3.05, 3.63) is 72.4 Å². The second-order valence-electron chi connectivity index (χ2n) is 4.58. The minimum absolute atomic E-state index is 0.0231. The normalized spacial score (nSPS) is 10.7. The fraction of sp³-hybridized carbons (Fsp3) is 0.118. The van der Waals surface area contributed by atoms with Crippen LogP contribution in [0.4, 0.5) is 0 Å². The molecule has 2 rings (SSSR count). The molecular formula is C17H17NOS. The first-order valence-electron chi connectivity index (χ1n) is 6.37. The van der Waals surface area contributed by atoms with Gasteiger partial charge in [-0.15, -0.1) is 0 Å². The van der Waals surface area contributed by atoms with Gasteiger partial charge < -0.3 is 4.90 Å². The maximum Gasteiger partial charge on any atom is 0.187 e. The Morgan fingerprint density at radius 2 is 1.55 bits per heavy atom. The Hall–Kier alpha value is -2.00. The highest BCUT2D eigenvalue weighted by Gasteiger charge is 2.02. The average molecular weight is 283 g/mol. The first-order chi connectivity index (χ1) is 9.65. The number of benzene rings is 2. The molecule has 0 radical (unpaired) electrons. The molecule has 0 atom stereocenters. The van der Waals surface area contributed by atoms with E-state index in [4.69, 9.17) is 0 Å². The molecule has 0 saturated carbocycles. The van der Waals surface area contributed by atoms with Gasteiger partial charge in [-0.3, -0.25) is 4.79 Å². The van der Waals surface area contributed by atoms with Gasteiger partial charge in [0.25, 0.3) is 0 Å². The number of carbonyl (C=O) groups excluding carboxylic acids is 1. The lowest BCUT2D eigenvalue weighted by atomic mass is 10.1. The van der Waals surface area contributed by atoms with Crippen LogP contribution in [0.2, 0.25) is 0 Å². The summed E-state index contributed by atoms with van der Waals surface area (Å²) >= 11 is 1.69. The molecule has 2 aromatic rings. The average Bonchev–Trinajstić information content (AvgIpc) is 2.46. The fourth-order valence-corrected chi connectivity index (χ4v) is 2.46. The van der Waals surface area contributed by atoms with Crippen LogP contribution in [0.25, 0.3) is 0 Å². The monoisotopic (exact) mass is 283 g/mol. The number of allylic oxidation sites excluding steroid dienone is 1. The van der Waals surface area contributed by atoms with Crippen LogP contribution in [0.3, 0.4) is 0 Å². The molecule has 0 amide bonds. The highest BCUT2D eigenvalue weighted by Crippen LogP contribution is 2.27. The molecule has 0 aliphatic rings. The molecule has 0 aromatic heterocycles. The predicted octanol–water partition coefficient (Wildman–Crippen LogP) is 4.10. The van der Waals surface area contributed by atoms with E-state index >= 15 is 0 Å². The Morgan fingerprint density at radius 1 is 0.950 bits per heavy atom. The van der Waals surface area contributed by atoms with E-state index in [2.05, 4.69) is 12.1 Å². The van der Waals surface area contributed by atoms with Gasteiger partial charge in [-0.05, 0) is 36.4 Å². The maximum atomic E-state index is 11.9. The van der Waals surface area contributed by atoms with Gasteiger partial charge in [0.05, 0.1) is 0 Å². The Kier molecular flexibility index (Phi) is 5.02. The van der Waals surface area contributed by atoms with Gasteiger partial charge in [-0.25, -0.2) is 0 Å². The number of ketones is 1. The summed E-state index contributed by atoms with van der Waals surface area (Å²) in [4.78, 5) is 16.1. The molecule has 3 heteroatoms. The molecule has 0 spiro atoms. The van der Waals surface area contributed by atoms with E-state index in [9.17, 15) is 4.79 Å². The second-order valence-corrected chi connectivity index (χ2v) is 5.73. The van der Waals surface area contributed by atoms with Gasteiger partial charge in [0.2, 0.25) is 0 Å². The van der Waals surface area contributed by atoms with Crippen LogP contribution in [0.15, 0.2) is 76.7 Å². The lowest BCUT2D eigenvalue weighted by molar-refractivity contribution is 0.104. The van der Waals surface area contributed by atoms with Crippen molar-refractivity contribution in [2.75, 3.05) is 14.1 Å². The van der Waals surface area contributed by atoms with Gasteiger partial charge in [0, 0.05) is 41.7 Å². The Bertz CT molecular complexity index is 588. The Labute approximate surface area is 124 Å². The molecular weight excluding hydrogens is 266 g/mol. The van der Waals surface area contributed by atoms with E-state index in [-0.39, 0.29) is 5.78 Å². The van der Waals surface area contributed by atoms with Gasteiger partial charge in [-0.2, -0.15) is 0 Å². The van der Waals surface area contributed by atoms with Gasteiger partial charge in [0.15, 0.2) is 5.78 Å². The fourth-order valence-electron chi connectivity index (χ4n) is 1.62. The third kappa shape index (κ3) is 4.28. The molecule has 0 heterocycles. The third-order valence-corrected chi connectivity index (χ3v) is 3.66. The van der Waals surface area contributed by atoms with E-state index in [1.807, 2.05) is 61.5 Å². The summed E-state index contributed by atoms with van der Waals surface area (Å²) in [5.74, 6) is 0.0231. The predicted molar refractivity (Wildman–Crippen MR) is 84.2 cm³/mol. The SMILES string of the molecule is CN(C)C=CC(=O)c1ccc(Sc2ccccc2)cc1. The minimum Gasteiger partial charge on any atom is -0.383 e. The van der Waals surface area contributed by atoms with Crippen LogP contribution in [-0.2, 0) is 0 Å². The summed E-state index contributed by atoms with van der Waals surface area (Å²) in [5.41, 5.74) is 0.709. The summed E-state index contributed by atoms with van der Waals surface area (Å²) < 4.78 is 0. The van der Waals surface area contributed by atoms with Crippen LogP contribution in [-0.4, -0.2) is 24.8 Å².